The van der Waals surface area contributed by atoms with Gasteiger partial charge in [0, 0.05) is 57.8 Å². The highest BCUT2D eigenvalue weighted by atomic mass is 32.1. The molecule has 0 aliphatic carbocycles. The fourth-order valence-corrected chi connectivity index (χ4v) is 9.95. The summed E-state index contributed by atoms with van der Waals surface area (Å²) >= 11 is 3.01. The van der Waals surface area contributed by atoms with E-state index < -0.39 is 19.9 Å². The first-order chi connectivity index (χ1) is 31.9. The van der Waals surface area contributed by atoms with Crippen molar-refractivity contribution in [2.24, 2.45) is 4.99 Å². The summed E-state index contributed by atoms with van der Waals surface area (Å²) in [5.74, 6) is 6.29. The van der Waals surface area contributed by atoms with E-state index in [-0.39, 0.29) is 18.1 Å². The molecule has 66 heavy (non-hydrogen) atoms. The summed E-state index contributed by atoms with van der Waals surface area (Å²) in [6.07, 6.45) is 3.84. The Morgan fingerprint density at radius 1 is 1.02 bits per heavy atom. The van der Waals surface area contributed by atoms with Crippen LogP contribution in [0.25, 0.3) is 10.2 Å². The monoisotopic (exact) mass is 959 g/mol. The van der Waals surface area contributed by atoms with Gasteiger partial charge >= 0.3 is 5.97 Å². The number of aryl methyl sites for hydroxylation is 2. The van der Waals surface area contributed by atoms with Crippen molar-refractivity contribution < 1.29 is 28.1 Å². The first kappa shape index (κ1) is 50.8. The van der Waals surface area contributed by atoms with Crippen LogP contribution in [0.1, 0.15) is 52.2 Å². The van der Waals surface area contributed by atoms with Crippen molar-refractivity contribution in [3.8, 4) is 17.6 Å². The second-order valence-corrected chi connectivity index (χ2v) is 25.5. The van der Waals surface area contributed by atoms with Crippen LogP contribution in [0.3, 0.4) is 0 Å². The van der Waals surface area contributed by atoms with Gasteiger partial charge in [-0.15, -0.1) is 21.5 Å². The number of rotatable bonds is 24. The number of para-hydroxylation sites is 1. The van der Waals surface area contributed by atoms with Crippen LogP contribution >= 0.6 is 22.7 Å². The highest BCUT2D eigenvalue weighted by Gasteiger charge is 2.24. The molecule has 356 valence electrons. The number of fused-ring (bicyclic) bond motifs is 1. The van der Waals surface area contributed by atoms with Crippen LogP contribution in [-0.2, 0) is 27.4 Å². The number of nitrogens with zero attached hydrogens (tertiary/aromatic N) is 8. The van der Waals surface area contributed by atoms with Crippen molar-refractivity contribution in [1.29, 1.82) is 0 Å². The van der Waals surface area contributed by atoms with E-state index in [2.05, 4.69) is 63.5 Å². The molecule has 18 heteroatoms. The molecule has 2 aromatic carbocycles. The molecule has 0 radical (unpaired) electrons. The van der Waals surface area contributed by atoms with Crippen LogP contribution in [0.15, 0.2) is 53.5 Å². The van der Waals surface area contributed by atoms with Gasteiger partial charge in [0.05, 0.1) is 43.7 Å². The Bertz CT molecular complexity index is 2470. The van der Waals surface area contributed by atoms with E-state index in [1.165, 1.54) is 24.5 Å². The number of benzene rings is 2. The third kappa shape index (κ3) is 15.5. The van der Waals surface area contributed by atoms with Gasteiger partial charge in [-0.1, -0.05) is 61.4 Å². The lowest BCUT2D eigenvalue weighted by molar-refractivity contribution is 0.0384. The molecule has 0 amide bonds. The highest BCUT2D eigenvalue weighted by Crippen LogP contribution is 2.34. The fourth-order valence-electron chi connectivity index (χ4n) is 7.05. The predicted molar refractivity (Wildman–Crippen MR) is 266 cm³/mol. The zero-order valence-corrected chi connectivity index (χ0v) is 42.3. The topological polar surface area (TPSA) is 132 Å². The van der Waals surface area contributed by atoms with Crippen LogP contribution < -0.4 is 19.8 Å². The van der Waals surface area contributed by atoms with Crippen molar-refractivity contribution in [3.63, 3.8) is 0 Å². The van der Waals surface area contributed by atoms with Crippen LogP contribution in [0, 0.1) is 24.6 Å². The molecule has 1 fully saturated rings. The highest BCUT2D eigenvalue weighted by molar-refractivity contribution is 7.16. The van der Waals surface area contributed by atoms with Gasteiger partial charge in [0.1, 0.15) is 6.73 Å². The summed E-state index contributed by atoms with van der Waals surface area (Å²) in [5, 5.41) is 13.6. The van der Waals surface area contributed by atoms with E-state index in [0.717, 1.165) is 96.7 Å². The number of aromatic nitrogens is 4. The Kier molecular flexibility index (Phi) is 19.7. The standard InChI is InChI=1S/C48H66FN9O5S2Si/c1-36-33-43(53-54-45(36)52-48-58(35-62-31-32-66(5,6)7)39-16-9-10-17-41(39)64-48)57(24-12-8-11-21-50-22-25-56-26-29-61-30-27-56)47-51-44(46(59)60-4)42(65-47)18-14-28-63-40-20-19-37(34-38(40)49)15-13-23-55(2)3/h9-10,16-17,19-20,33-34,50H,8,11-12,14,18,21-32,35H2,1-7H3. The maximum absolute atomic E-state index is 14.9. The van der Waals surface area contributed by atoms with Gasteiger partial charge in [0.15, 0.2) is 38.8 Å². The van der Waals surface area contributed by atoms with Crippen LogP contribution in [0.2, 0.25) is 25.7 Å². The minimum atomic E-state index is -1.25. The van der Waals surface area contributed by atoms with Crippen LogP contribution in [0.5, 0.6) is 5.75 Å². The number of hydrogen-bond acceptors (Lipinski definition) is 15. The number of hydrogen-bond donors (Lipinski definition) is 1. The molecule has 4 heterocycles. The first-order valence-electron chi connectivity index (χ1n) is 22.9. The van der Waals surface area contributed by atoms with Crippen molar-refractivity contribution >= 4 is 63.7 Å². The van der Waals surface area contributed by atoms with Gasteiger partial charge in [0.2, 0.25) is 0 Å². The molecular formula is C48H66FN9O5S2Si. The number of anilines is 2. The minimum Gasteiger partial charge on any atom is -0.491 e. The van der Waals surface area contributed by atoms with Gasteiger partial charge in [0.25, 0.3) is 0 Å². The van der Waals surface area contributed by atoms with Gasteiger partial charge in [-0.2, -0.15) is 4.99 Å². The summed E-state index contributed by atoms with van der Waals surface area (Å²) in [4.78, 5) is 31.0. The Morgan fingerprint density at radius 2 is 1.83 bits per heavy atom. The number of carbonyl (C=O) groups is 1. The molecule has 1 aliphatic heterocycles. The maximum atomic E-state index is 14.9. The average molecular weight is 960 g/mol. The number of morpholine rings is 1. The molecule has 14 nitrogen and oxygen atoms in total. The molecule has 0 atom stereocenters. The molecular weight excluding hydrogens is 894 g/mol. The van der Waals surface area contributed by atoms with Gasteiger partial charge in [-0.3, -0.25) is 14.4 Å². The third-order valence-electron chi connectivity index (χ3n) is 10.8. The molecule has 1 saturated heterocycles. The smallest absolute Gasteiger partial charge is 0.357 e. The summed E-state index contributed by atoms with van der Waals surface area (Å²) in [7, 11) is 3.97. The molecule has 5 aromatic rings. The van der Waals surface area contributed by atoms with Gasteiger partial charge < -0.3 is 29.2 Å². The Morgan fingerprint density at radius 3 is 2.59 bits per heavy atom. The molecule has 6 rings (SSSR count). The maximum Gasteiger partial charge on any atom is 0.357 e. The number of thiazole rings is 2. The third-order valence-corrected chi connectivity index (χ3v) is 14.7. The summed E-state index contributed by atoms with van der Waals surface area (Å²) in [6.45, 7) is 18.0. The lowest BCUT2D eigenvalue weighted by atomic mass is 10.2. The summed E-state index contributed by atoms with van der Waals surface area (Å²) in [6, 6.07) is 16.1. The zero-order chi connectivity index (χ0) is 46.9. The van der Waals surface area contributed by atoms with Crippen molar-refractivity contribution in [1.82, 2.24) is 34.9 Å². The SMILES string of the molecule is COC(=O)c1nc(N(CCCCCNCCN2CCOCC2)c2cc(C)c(N=c3sc4ccccc4n3COCC[Si](C)(C)C)nn2)sc1CCCOc1ccc(C#CCN(C)C)cc1F. The first-order valence-corrected chi connectivity index (χ1v) is 28.2. The van der Waals surface area contributed by atoms with E-state index >= 15 is 0 Å². The lowest BCUT2D eigenvalue weighted by Crippen LogP contribution is -2.40. The van der Waals surface area contributed by atoms with Crippen molar-refractivity contribution in [2.75, 3.05) is 98.3 Å². The van der Waals surface area contributed by atoms with E-state index in [1.54, 1.807) is 23.5 Å². The van der Waals surface area contributed by atoms with E-state index in [0.29, 0.717) is 61.6 Å². The Hall–Kier alpha value is -4.58. The lowest BCUT2D eigenvalue weighted by Gasteiger charge is -2.26. The van der Waals surface area contributed by atoms with Crippen molar-refractivity contribution in [2.45, 2.75) is 71.4 Å². The van der Waals surface area contributed by atoms with E-state index in [4.69, 9.17) is 34.0 Å². The number of nitrogens with one attached hydrogen (secondary N) is 1. The number of ether oxygens (including phenoxy) is 4. The zero-order valence-electron chi connectivity index (χ0n) is 39.7. The number of carbonyl (C=O) groups excluding carboxylic acids is 1. The van der Waals surface area contributed by atoms with E-state index in [9.17, 15) is 9.18 Å². The second kappa shape index (κ2) is 25.5. The second-order valence-electron chi connectivity index (χ2n) is 17.8. The largest absolute Gasteiger partial charge is 0.491 e. The average Bonchev–Trinajstić information content (AvgIpc) is 3.88. The number of methoxy groups -OCH3 is 1. The summed E-state index contributed by atoms with van der Waals surface area (Å²) in [5.41, 5.74) is 2.74. The Balaban J connectivity index is 1.19. The van der Waals surface area contributed by atoms with Crippen molar-refractivity contribution in [3.05, 3.63) is 80.8 Å². The number of unbranched alkanes of at least 4 members (excludes halogenated alkanes) is 2. The van der Waals surface area contributed by atoms with Gasteiger partial charge in [-0.05, 0) is 101 Å². The van der Waals surface area contributed by atoms with Crippen LogP contribution in [0.4, 0.5) is 21.2 Å². The number of halogens is 1. The Labute approximate surface area is 398 Å². The summed E-state index contributed by atoms with van der Waals surface area (Å²) < 4.78 is 40.9. The predicted octanol–water partition coefficient (Wildman–Crippen LogP) is 7.88. The quantitative estimate of drug-likeness (QED) is 0.0280. The normalized spacial score (nSPS) is 13.6. The minimum absolute atomic E-state index is 0.155. The molecule has 0 saturated carbocycles. The molecule has 0 bridgehead atoms. The fraction of sp³-hybridized carbons (Fsp3) is 0.521. The van der Waals surface area contributed by atoms with E-state index in [1.807, 2.05) is 49.0 Å². The van der Waals surface area contributed by atoms with Gasteiger partial charge in [-0.25, -0.2) is 14.2 Å². The van der Waals surface area contributed by atoms with Crippen LogP contribution in [-0.4, -0.2) is 137 Å². The molecule has 0 spiro atoms. The number of esters is 1. The molecule has 1 aliphatic rings. The molecule has 3 aromatic heterocycles. The molecule has 1 N–H and O–H groups in total. The molecule has 0 unspecified atom stereocenters.